The van der Waals surface area contributed by atoms with Gasteiger partial charge in [0, 0.05) is 13.1 Å². The van der Waals surface area contributed by atoms with Crippen molar-refractivity contribution in [1.82, 2.24) is 4.90 Å². The molecule has 2 aromatic rings. The quantitative estimate of drug-likeness (QED) is 0.830. The van der Waals surface area contributed by atoms with Crippen LogP contribution in [0.1, 0.15) is 37.9 Å². The van der Waals surface area contributed by atoms with Crippen molar-refractivity contribution in [2.45, 2.75) is 32.3 Å². The van der Waals surface area contributed by atoms with Gasteiger partial charge in [-0.2, -0.15) is 0 Å². The smallest absolute Gasteiger partial charge is 0.0922 e. The molecule has 0 bridgehead atoms. The minimum Gasteiger partial charge on any atom is -0.387 e. The van der Waals surface area contributed by atoms with Gasteiger partial charge in [-0.25, -0.2) is 0 Å². The molecule has 1 saturated carbocycles. The van der Waals surface area contributed by atoms with Crippen molar-refractivity contribution in [2.75, 3.05) is 19.6 Å². The Balaban J connectivity index is 1.77. The molecular weight excluding hydrogens is 258 g/mol. The number of aliphatic hydroxyl groups is 1. The van der Waals surface area contributed by atoms with Crippen LogP contribution < -0.4 is 0 Å². The van der Waals surface area contributed by atoms with Crippen molar-refractivity contribution < 1.29 is 5.11 Å². The Hall–Kier alpha value is -1.38. The summed E-state index contributed by atoms with van der Waals surface area (Å²) in [7, 11) is 0. The number of hydrogen-bond acceptors (Lipinski definition) is 2. The zero-order chi connectivity index (χ0) is 14.7. The molecule has 2 aromatic carbocycles. The van der Waals surface area contributed by atoms with Gasteiger partial charge in [0.25, 0.3) is 0 Å². The molecule has 0 aliphatic heterocycles. The Morgan fingerprint density at radius 2 is 1.90 bits per heavy atom. The number of benzene rings is 2. The summed E-state index contributed by atoms with van der Waals surface area (Å²) in [6, 6.07) is 14.5. The normalized spacial score (nSPS) is 16.5. The summed E-state index contributed by atoms with van der Waals surface area (Å²) in [6.07, 6.45) is 3.48. The van der Waals surface area contributed by atoms with Crippen LogP contribution in [0.15, 0.2) is 42.5 Å². The van der Waals surface area contributed by atoms with E-state index in [1.165, 1.54) is 23.6 Å². The molecule has 1 aliphatic rings. The highest BCUT2D eigenvalue weighted by atomic mass is 16.3. The molecule has 3 rings (SSSR count). The first-order valence-corrected chi connectivity index (χ1v) is 8.16. The molecule has 0 saturated heterocycles. The van der Waals surface area contributed by atoms with Gasteiger partial charge in [-0.1, -0.05) is 49.4 Å². The number of nitrogens with zero attached hydrogens (tertiary/aromatic N) is 1. The van der Waals surface area contributed by atoms with E-state index in [1.54, 1.807) is 0 Å². The van der Waals surface area contributed by atoms with Crippen LogP contribution in [0, 0.1) is 5.92 Å². The van der Waals surface area contributed by atoms with E-state index < -0.39 is 6.10 Å². The van der Waals surface area contributed by atoms with Gasteiger partial charge in [0.05, 0.1) is 6.10 Å². The van der Waals surface area contributed by atoms with E-state index in [2.05, 4.69) is 42.2 Å². The number of fused-ring (bicyclic) bond motifs is 1. The lowest BCUT2D eigenvalue weighted by atomic mass is 10.00. The van der Waals surface area contributed by atoms with Crippen LogP contribution in [0.25, 0.3) is 10.8 Å². The molecule has 0 amide bonds. The van der Waals surface area contributed by atoms with E-state index in [9.17, 15) is 5.11 Å². The fourth-order valence-electron chi connectivity index (χ4n) is 3.12. The summed E-state index contributed by atoms with van der Waals surface area (Å²) >= 11 is 0. The Labute approximate surface area is 127 Å². The molecule has 1 atom stereocenters. The van der Waals surface area contributed by atoms with E-state index in [4.69, 9.17) is 0 Å². The topological polar surface area (TPSA) is 23.5 Å². The standard InChI is InChI=1S/C19H25NO/c1-2-12-20(13-15-10-11-15)14-19(21)18-9-5-7-16-6-3-4-8-17(16)18/h3-9,15,19,21H,2,10-14H2,1H3. The highest BCUT2D eigenvalue weighted by Crippen LogP contribution is 2.31. The molecule has 1 unspecified atom stereocenters. The first kappa shape index (κ1) is 14.6. The van der Waals surface area contributed by atoms with Crippen molar-refractivity contribution in [2.24, 2.45) is 5.92 Å². The predicted octanol–water partition coefficient (Wildman–Crippen LogP) is 4.00. The molecule has 0 heterocycles. The van der Waals surface area contributed by atoms with Gasteiger partial charge < -0.3 is 10.0 Å². The van der Waals surface area contributed by atoms with Crippen molar-refractivity contribution >= 4 is 10.8 Å². The van der Waals surface area contributed by atoms with E-state index in [1.807, 2.05) is 12.1 Å². The maximum atomic E-state index is 10.7. The average Bonchev–Trinajstić information content (AvgIpc) is 3.31. The van der Waals surface area contributed by atoms with Gasteiger partial charge >= 0.3 is 0 Å². The van der Waals surface area contributed by atoms with E-state index in [-0.39, 0.29) is 0 Å². The van der Waals surface area contributed by atoms with Gasteiger partial charge in [0.1, 0.15) is 0 Å². The van der Waals surface area contributed by atoms with Crippen molar-refractivity contribution in [3.63, 3.8) is 0 Å². The molecule has 2 heteroatoms. The molecule has 0 spiro atoms. The van der Waals surface area contributed by atoms with E-state index >= 15 is 0 Å². The minimum absolute atomic E-state index is 0.401. The largest absolute Gasteiger partial charge is 0.387 e. The fourth-order valence-corrected chi connectivity index (χ4v) is 3.12. The van der Waals surface area contributed by atoms with Gasteiger partial charge in [0.2, 0.25) is 0 Å². The van der Waals surface area contributed by atoms with Crippen LogP contribution in [-0.2, 0) is 0 Å². The van der Waals surface area contributed by atoms with Crippen LogP contribution in [-0.4, -0.2) is 29.6 Å². The Kier molecular flexibility index (Phi) is 4.57. The zero-order valence-corrected chi connectivity index (χ0v) is 12.8. The summed E-state index contributed by atoms with van der Waals surface area (Å²) in [5, 5.41) is 13.1. The molecule has 1 aliphatic carbocycles. The van der Waals surface area contributed by atoms with Gasteiger partial charge in [-0.15, -0.1) is 0 Å². The maximum absolute atomic E-state index is 10.7. The van der Waals surface area contributed by atoms with Crippen LogP contribution in [0.3, 0.4) is 0 Å². The second-order valence-corrected chi connectivity index (χ2v) is 6.29. The van der Waals surface area contributed by atoms with Gasteiger partial charge in [-0.05, 0) is 48.1 Å². The van der Waals surface area contributed by atoms with E-state index in [0.29, 0.717) is 0 Å². The van der Waals surface area contributed by atoms with Crippen molar-refractivity contribution in [1.29, 1.82) is 0 Å². The fraction of sp³-hybridized carbons (Fsp3) is 0.474. The Morgan fingerprint density at radius 1 is 1.14 bits per heavy atom. The van der Waals surface area contributed by atoms with Crippen LogP contribution in [0.2, 0.25) is 0 Å². The summed E-state index contributed by atoms with van der Waals surface area (Å²) in [5.41, 5.74) is 1.06. The molecule has 112 valence electrons. The second-order valence-electron chi connectivity index (χ2n) is 6.29. The van der Waals surface area contributed by atoms with Crippen molar-refractivity contribution in [3.8, 4) is 0 Å². The van der Waals surface area contributed by atoms with Crippen LogP contribution in [0.4, 0.5) is 0 Å². The molecule has 1 fully saturated rings. The van der Waals surface area contributed by atoms with Gasteiger partial charge in [-0.3, -0.25) is 0 Å². The Morgan fingerprint density at radius 3 is 2.67 bits per heavy atom. The number of hydrogen-bond donors (Lipinski definition) is 1. The third-order valence-corrected chi connectivity index (χ3v) is 4.37. The lowest BCUT2D eigenvalue weighted by molar-refractivity contribution is 0.111. The number of aliphatic hydroxyl groups excluding tert-OH is 1. The summed E-state index contributed by atoms with van der Waals surface area (Å²) in [4.78, 5) is 2.43. The van der Waals surface area contributed by atoms with Crippen LogP contribution in [0.5, 0.6) is 0 Å². The molecule has 2 nitrogen and oxygen atoms in total. The minimum atomic E-state index is -0.401. The highest BCUT2D eigenvalue weighted by Gasteiger charge is 2.25. The SMILES string of the molecule is CCCN(CC1CC1)CC(O)c1cccc2ccccc12. The van der Waals surface area contributed by atoms with Crippen LogP contribution >= 0.6 is 0 Å². The van der Waals surface area contributed by atoms with Gasteiger partial charge in [0.15, 0.2) is 0 Å². The summed E-state index contributed by atoms with van der Waals surface area (Å²) in [6.45, 7) is 5.19. The molecule has 0 radical (unpaired) electrons. The highest BCUT2D eigenvalue weighted by molar-refractivity contribution is 5.85. The molecular formula is C19H25NO. The van der Waals surface area contributed by atoms with E-state index in [0.717, 1.165) is 37.5 Å². The number of rotatable bonds is 7. The zero-order valence-electron chi connectivity index (χ0n) is 12.8. The molecule has 0 aromatic heterocycles. The average molecular weight is 283 g/mol. The monoisotopic (exact) mass is 283 g/mol. The summed E-state index contributed by atoms with van der Waals surface area (Å²) < 4.78 is 0. The summed E-state index contributed by atoms with van der Waals surface area (Å²) in [5.74, 6) is 0.872. The van der Waals surface area contributed by atoms with Crippen molar-refractivity contribution in [3.05, 3.63) is 48.0 Å². The lowest BCUT2D eigenvalue weighted by Crippen LogP contribution is -2.31. The third-order valence-electron chi connectivity index (χ3n) is 4.37. The first-order chi connectivity index (χ1) is 10.3. The third kappa shape index (κ3) is 3.63. The maximum Gasteiger partial charge on any atom is 0.0922 e. The molecule has 1 N–H and O–H groups in total. The first-order valence-electron chi connectivity index (χ1n) is 8.16. The predicted molar refractivity (Wildman–Crippen MR) is 88.4 cm³/mol. The second kappa shape index (κ2) is 6.59. The molecule has 21 heavy (non-hydrogen) atoms. The Bertz CT molecular complexity index is 586. The lowest BCUT2D eigenvalue weighted by Gasteiger charge is -2.25.